The van der Waals surface area contributed by atoms with E-state index in [1.54, 1.807) is 13.0 Å². The number of ether oxygens (including phenoxy) is 7. The summed E-state index contributed by atoms with van der Waals surface area (Å²) < 4.78 is 38.5. The minimum Gasteiger partial charge on any atom is -0.493 e. The lowest BCUT2D eigenvalue weighted by Crippen LogP contribution is -2.60. The Morgan fingerprint density at radius 3 is 2.26 bits per heavy atom. The highest BCUT2D eigenvalue weighted by Crippen LogP contribution is 2.48. The van der Waals surface area contributed by atoms with Crippen LogP contribution in [0.25, 0.3) is 0 Å². The second-order valence-corrected chi connectivity index (χ2v) is 9.69. The fourth-order valence-corrected chi connectivity index (χ4v) is 5.30. The van der Waals surface area contributed by atoms with Gasteiger partial charge in [0.25, 0.3) is 0 Å². The van der Waals surface area contributed by atoms with Crippen LogP contribution in [0.4, 0.5) is 0 Å². The Balaban J connectivity index is 1.52. The smallest absolute Gasteiger partial charge is 0.338 e. The largest absolute Gasteiger partial charge is 0.493 e. The number of rotatable bonds is 8. The van der Waals surface area contributed by atoms with Gasteiger partial charge in [-0.25, -0.2) is 4.79 Å². The maximum absolute atomic E-state index is 13.1. The van der Waals surface area contributed by atoms with Crippen molar-refractivity contribution < 1.29 is 63.5 Å². The second kappa shape index (κ2) is 11.2. The van der Waals surface area contributed by atoms with Crippen LogP contribution in [-0.2, 0) is 18.9 Å². The molecule has 2 aliphatic heterocycles. The second-order valence-electron chi connectivity index (χ2n) is 9.69. The Hall–Kier alpha value is -2.65. The highest BCUT2D eigenvalue weighted by molar-refractivity contribution is 5.91. The molecule has 0 amide bonds. The summed E-state index contributed by atoms with van der Waals surface area (Å²) in [4.78, 5) is 13.1. The predicted molar refractivity (Wildman–Crippen MR) is 126 cm³/mol. The molecule has 1 aliphatic carbocycles. The van der Waals surface area contributed by atoms with Gasteiger partial charge in [0.2, 0.25) is 12.0 Å². The maximum Gasteiger partial charge on any atom is 0.338 e. The van der Waals surface area contributed by atoms with Crippen molar-refractivity contribution in [3.8, 4) is 17.2 Å². The van der Waals surface area contributed by atoms with Crippen molar-refractivity contribution in [3.63, 3.8) is 0 Å². The molecule has 0 unspecified atom stereocenters. The number of methoxy groups -OCH3 is 3. The molecule has 3 aliphatic rings. The third-order valence-electron chi connectivity index (χ3n) is 7.26. The molecule has 0 aromatic heterocycles. The van der Waals surface area contributed by atoms with E-state index in [1.807, 2.05) is 0 Å². The van der Waals surface area contributed by atoms with Crippen LogP contribution in [-0.4, -0.2) is 108 Å². The zero-order valence-electron chi connectivity index (χ0n) is 21.4. The summed E-state index contributed by atoms with van der Waals surface area (Å²) in [5.41, 5.74) is -1.29. The first kappa shape index (κ1) is 28.4. The number of carbonyl (C=O) groups is 1. The summed E-state index contributed by atoms with van der Waals surface area (Å²) in [6.07, 6.45) is -6.43. The van der Waals surface area contributed by atoms with Crippen LogP contribution in [0.2, 0.25) is 0 Å². The predicted octanol–water partition coefficient (Wildman–Crippen LogP) is -0.689. The molecule has 1 saturated heterocycles. The number of esters is 1. The molecule has 2 fully saturated rings. The van der Waals surface area contributed by atoms with Gasteiger partial charge in [-0.2, -0.15) is 0 Å². The third-order valence-corrected chi connectivity index (χ3v) is 7.26. The number of benzene rings is 1. The molecule has 13 heteroatoms. The zero-order valence-corrected chi connectivity index (χ0v) is 21.4. The average Bonchev–Trinajstić information content (AvgIpc) is 3.17. The number of carbonyl (C=O) groups excluding carboxylic acids is 1. The van der Waals surface area contributed by atoms with Crippen LogP contribution in [0, 0.1) is 11.8 Å². The Labute approximate surface area is 219 Å². The summed E-state index contributed by atoms with van der Waals surface area (Å²) >= 11 is 0. The van der Waals surface area contributed by atoms with E-state index >= 15 is 0 Å². The number of fused-ring (bicyclic) bond motifs is 1. The monoisotopic (exact) mass is 542 g/mol. The fourth-order valence-electron chi connectivity index (χ4n) is 5.30. The van der Waals surface area contributed by atoms with Crippen molar-refractivity contribution in [2.45, 2.75) is 62.0 Å². The molecule has 1 aromatic rings. The summed E-state index contributed by atoms with van der Waals surface area (Å²) in [6, 6.07) is 2.91. The van der Waals surface area contributed by atoms with Gasteiger partial charge in [0.05, 0.1) is 51.3 Å². The molecular formula is C25H34O13. The Morgan fingerprint density at radius 1 is 1.03 bits per heavy atom. The minimum absolute atomic E-state index is 0.0424. The quantitative estimate of drug-likeness (QED) is 0.261. The molecule has 5 N–H and O–H groups in total. The molecule has 2 heterocycles. The summed E-state index contributed by atoms with van der Waals surface area (Å²) in [5, 5.41) is 51.2. The molecular weight excluding hydrogens is 508 g/mol. The van der Waals surface area contributed by atoms with Crippen molar-refractivity contribution in [2.24, 2.45) is 11.8 Å². The Morgan fingerprint density at radius 2 is 1.68 bits per heavy atom. The lowest BCUT2D eigenvalue weighted by molar-refractivity contribution is -0.346. The Kier molecular flexibility index (Phi) is 8.37. The highest BCUT2D eigenvalue weighted by Gasteiger charge is 2.58. The van der Waals surface area contributed by atoms with Crippen molar-refractivity contribution in [3.05, 3.63) is 30.0 Å². The van der Waals surface area contributed by atoms with E-state index in [4.69, 9.17) is 33.2 Å². The first-order valence-corrected chi connectivity index (χ1v) is 12.1. The lowest BCUT2D eigenvalue weighted by Gasteiger charge is -2.43. The maximum atomic E-state index is 13.1. The van der Waals surface area contributed by atoms with Gasteiger partial charge >= 0.3 is 5.97 Å². The molecule has 0 radical (unpaired) electrons. The minimum atomic E-state index is -1.65. The first-order chi connectivity index (χ1) is 18.1. The van der Waals surface area contributed by atoms with Gasteiger partial charge in [-0.3, -0.25) is 0 Å². The van der Waals surface area contributed by atoms with Crippen molar-refractivity contribution in [2.75, 3.05) is 27.9 Å². The summed E-state index contributed by atoms with van der Waals surface area (Å²) in [7, 11) is 4.29. The number of aliphatic hydroxyl groups excluding tert-OH is 4. The fraction of sp³-hybridized carbons (Fsp3) is 0.640. The van der Waals surface area contributed by atoms with Crippen molar-refractivity contribution >= 4 is 5.97 Å². The molecule has 4 rings (SSSR count). The van der Waals surface area contributed by atoms with E-state index in [2.05, 4.69) is 0 Å². The zero-order chi connectivity index (χ0) is 27.8. The highest BCUT2D eigenvalue weighted by atomic mass is 16.8. The van der Waals surface area contributed by atoms with Crippen LogP contribution in [0.15, 0.2) is 24.5 Å². The molecule has 0 bridgehead atoms. The molecule has 1 aromatic carbocycles. The van der Waals surface area contributed by atoms with Gasteiger partial charge in [0, 0.05) is 12.3 Å². The molecule has 0 spiro atoms. The van der Waals surface area contributed by atoms with Gasteiger partial charge in [-0.15, -0.1) is 0 Å². The van der Waals surface area contributed by atoms with Crippen LogP contribution in [0.5, 0.6) is 17.2 Å². The first-order valence-electron chi connectivity index (χ1n) is 12.1. The number of hydrogen-bond donors (Lipinski definition) is 5. The number of aliphatic hydroxyl groups is 5. The lowest BCUT2D eigenvalue weighted by atomic mass is 9.85. The topological polar surface area (TPSA) is 183 Å². The van der Waals surface area contributed by atoms with E-state index in [0.29, 0.717) is 5.75 Å². The molecule has 13 nitrogen and oxygen atoms in total. The van der Waals surface area contributed by atoms with E-state index in [1.165, 1.54) is 39.7 Å². The van der Waals surface area contributed by atoms with Crippen LogP contribution < -0.4 is 14.2 Å². The van der Waals surface area contributed by atoms with Crippen LogP contribution in [0.3, 0.4) is 0 Å². The number of hydrogen-bond acceptors (Lipinski definition) is 13. The van der Waals surface area contributed by atoms with Gasteiger partial charge in [-0.05, 0) is 25.1 Å². The van der Waals surface area contributed by atoms with Crippen LogP contribution in [0.1, 0.15) is 23.7 Å². The normalized spacial score (nSPS) is 38.2. The molecule has 1 saturated carbocycles. The van der Waals surface area contributed by atoms with E-state index < -0.39 is 73.1 Å². The van der Waals surface area contributed by atoms with Crippen molar-refractivity contribution in [1.29, 1.82) is 0 Å². The van der Waals surface area contributed by atoms with Gasteiger partial charge in [-0.1, -0.05) is 0 Å². The van der Waals surface area contributed by atoms with Gasteiger partial charge in [0.15, 0.2) is 17.8 Å². The van der Waals surface area contributed by atoms with E-state index in [0.717, 1.165) is 0 Å². The summed E-state index contributed by atoms with van der Waals surface area (Å²) in [6.45, 7) is 0.920. The molecule has 212 valence electrons. The standard InChI is InChI=1S/C25H34O13/c1-25(31)9-15(36-22(30)11-7-13(32-2)21(34-4)14(8-11)33-3)12-5-6-35-23(17(12)25)38-24-20(29)19(28)18(27)16(10-26)37-24/h5-8,12,15-20,23-24,26-29,31H,9-10H2,1-4H3/t12-,15+,16+,17-,18-,19-,20+,23+,24-,25-/m0/s1. The Bertz CT molecular complexity index is 1000. The summed E-state index contributed by atoms with van der Waals surface area (Å²) in [5.74, 6) is -1.13. The SMILES string of the molecule is COc1cc(C(=O)O[C@@H]2C[C@](C)(O)[C@@H]3[C@@H](O[C@@H]4O[C@H](CO)[C@H](O)[C@H](O)[C@H]4O)OC=C[C@H]32)cc(OC)c1OC. The van der Waals surface area contributed by atoms with Gasteiger partial charge in [0.1, 0.15) is 30.5 Å². The third kappa shape index (κ3) is 5.15. The van der Waals surface area contributed by atoms with E-state index in [9.17, 15) is 30.3 Å². The average molecular weight is 543 g/mol. The van der Waals surface area contributed by atoms with E-state index in [-0.39, 0.29) is 23.5 Å². The van der Waals surface area contributed by atoms with Gasteiger partial charge < -0.3 is 58.7 Å². The molecule has 10 atom stereocenters. The molecule has 38 heavy (non-hydrogen) atoms. The van der Waals surface area contributed by atoms with Crippen LogP contribution >= 0.6 is 0 Å². The van der Waals surface area contributed by atoms with Crippen molar-refractivity contribution in [1.82, 2.24) is 0 Å².